The van der Waals surface area contributed by atoms with Gasteiger partial charge in [-0.1, -0.05) is 24.3 Å². The third-order valence-electron chi connectivity index (χ3n) is 7.61. The average Bonchev–Trinajstić information content (AvgIpc) is 3.68. The summed E-state index contributed by atoms with van der Waals surface area (Å²) in [6.45, 7) is 0.205. The first kappa shape index (κ1) is 27.0. The second kappa shape index (κ2) is 11.0. The van der Waals surface area contributed by atoms with Crippen molar-refractivity contribution in [3.63, 3.8) is 0 Å². The highest BCUT2D eigenvalue weighted by molar-refractivity contribution is 6.28. The lowest BCUT2D eigenvalue weighted by Gasteiger charge is -2.20. The fraction of sp³-hybridized carbons (Fsp3) is 0.286. The number of phenolic OH excluding ortho intramolecular Hbond substituents is 2. The summed E-state index contributed by atoms with van der Waals surface area (Å²) in [5.41, 5.74) is 3.31. The number of rotatable bonds is 8. The summed E-state index contributed by atoms with van der Waals surface area (Å²) in [7, 11) is 0. The summed E-state index contributed by atoms with van der Waals surface area (Å²) < 4.78 is 3.25. The normalized spacial score (nSPS) is 20.7. The molecule has 0 spiro atoms. The van der Waals surface area contributed by atoms with Gasteiger partial charge in [0.05, 0.1) is 31.2 Å². The number of nitrogens with zero attached hydrogens (tertiary/aromatic N) is 6. The van der Waals surface area contributed by atoms with Crippen molar-refractivity contribution in [2.45, 2.75) is 43.2 Å². The Morgan fingerprint density at radius 3 is 2.17 bits per heavy atom. The first-order valence-corrected chi connectivity index (χ1v) is 13.4. The predicted octanol–water partition coefficient (Wildman–Crippen LogP) is 2.73. The van der Waals surface area contributed by atoms with Gasteiger partial charge in [0, 0.05) is 24.2 Å². The molecule has 0 aliphatic heterocycles. The molecule has 0 amide bonds. The quantitative estimate of drug-likeness (QED) is 0.150. The Kier molecular flexibility index (Phi) is 7.22. The number of aliphatic hydroxyl groups is 3. The number of aliphatic hydroxyl groups excluding tert-OH is 3. The molecule has 212 valence electrons. The van der Waals surface area contributed by atoms with Crippen LogP contribution in [0.1, 0.15) is 41.1 Å². The lowest BCUT2D eigenvalue weighted by molar-refractivity contribution is 0.00720. The summed E-state index contributed by atoms with van der Waals surface area (Å²) in [5.74, 6) is 0.533. The van der Waals surface area contributed by atoms with Gasteiger partial charge in [0.15, 0.2) is 17.0 Å². The SMILES string of the molecule is OCc1cnn([C@H]2C[C@@H](n3cnc4c(NCC(c5ccc(O)cc5)c5ccc(O)cc5)nc(Cl)nc43)[C@H](O)[C@@H]2O)c1. The molecule has 1 fully saturated rings. The molecule has 2 aromatic carbocycles. The molecule has 3 heterocycles. The van der Waals surface area contributed by atoms with Crippen LogP contribution in [0.5, 0.6) is 11.5 Å². The number of phenols is 2. The summed E-state index contributed by atoms with van der Waals surface area (Å²) in [6.07, 6.45) is 2.83. The molecule has 0 saturated heterocycles. The number of hydrogen-bond acceptors (Lipinski definition) is 10. The Labute approximate surface area is 239 Å². The van der Waals surface area contributed by atoms with E-state index in [0.29, 0.717) is 35.5 Å². The standard InChI is InChI=1S/C28H28ClN7O5/c29-28-33-26(30-11-20(16-1-5-18(38)6-2-16)17-3-7-19(39)8-4-17)23-27(34-28)35(14-31-23)21-9-22(25(41)24(21)40)36-12-15(13-37)10-32-36/h1-8,10,12,14,20-22,24-25,37-41H,9,11,13H2,(H,30,33,34)/t21-,22+,24+,25-/m1/s1. The molecule has 1 aliphatic rings. The minimum Gasteiger partial charge on any atom is -0.508 e. The van der Waals surface area contributed by atoms with Crippen molar-refractivity contribution in [1.82, 2.24) is 29.3 Å². The van der Waals surface area contributed by atoms with Crippen molar-refractivity contribution in [1.29, 1.82) is 0 Å². The van der Waals surface area contributed by atoms with E-state index >= 15 is 0 Å². The molecule has 0 unspecified atom stereocenters. The van der Waals surface area contributed by atoms with Gasteiger partial charge in [0.2, 0.25) is 5.28 Å². The fourth-order valence-corrected chi connectivity index (χ4v) is 5.63. The lowest BCUT2D eigenvalue weighted by atomic mass is 9.91. The van der Waals surface area contributed by atoms with Gasteiger partial charge in [-0.15, -0.1) is 0 Å². The highest BCUT2D eigenvalue weighted by Crippen LogP contribution is 2.40. The van der Waals surface area contributed by atoms with Gasteiger partial charge < -0.3 is 35.4 Å². The number of nitrogens with one attached hydrogen (secondary N) is 1. The van der Waals surface area contributed by atoms with Gasteiger partial charge in [-0.2, -0.15) is 15.1 Å². The predicted molar refractivity (Wildman–Crippen MR) is 150 cm³/mol. The van der Waals surface area contributed by atoms with E-state index in [2.05, 4.69) is 25.4 Å². The number of aromatic nitrogens is 6. The van der Waals surface area contributed by atoms with Gasteiger partial charge in [0.1, 0.15) is 23.7 Å². The molecule has 6 N–H and O–H groups in total. The summed E-state index contributed by atoms with van der Waals surface area (Å²) in [6, 6.07) is 12.7. The fourth-order valence-electron chi connectivity index (χ4n) is 5.46. The number of hydrogen-bond donors (Lipinski definition) is 6. The van der Waals surface area contributed by atoms with Crippen molar-refractivity contribution < 1.29 is 25.5 Å². The Hall–Kier alpha value is -4.23. The molecule has 13 heteroatoms. The summed E-state index contributed by atoms with van der Waals surface area (Å²) in [5, 5.41) is 58.3. The Balaban J connectivity index is 1.30. The third kappa shape index (κ3) is 5.18. The van der Waals surface area contributed by atoms with Crippen LogP contribution in [0.15, 0.2) is 67.3 Å². The molecular weight excluding hydrogens is 550 g/mol. The smallest absolute Gasteiger partial charge is 0.226 e. The van der Waals surface area contributed by atoms with Crippen LogP contribution >= 0.6 is 11.6 Å². The average molecular weight is 578 g/mol. The van der Waals surface area contributed by atoms with Crippen LogP contribution in [0.25, 0.3) is 11.2 Å². The van der Waals surface area contributed by atoms with Crippen LogP contribution in [0.3, 0.4) is 0 Å². The lowest BCUT2D eigenvalue weighted by Crippen LogP contribution is -2.30. The Morgan fingerprint density at radius 1 is 0.927 bits per heavy atom. The molecule has 0 bridgehead atoms. The second-order valence-electron chi connectivity index (χ2n) is 10.1. The molecule has 0 radical (unpaired) electrons. The highest BCUT2D eigenvalue weighted by atomic mass is 35.5. The number of aromatic hydroxyl groups is 2. The Morgan fingerprint density at radius 2 is 1.56 bits per heavy atom. The molecule has 4 atom stereocenters. The van der Waals surface area contributed by atoms with Gasteiger partial charge in [-0.05, 0) is 53.4 Å². The number of fused-ring (bicyclic) bond motifs is 1. The van der Waals surface area contributed by atoms with E-state index in [0.717, 1.165) is 11.1 Å². The van der Waals surface area contributed by atoms with Crippen molar-refractivity contribution in [2.75, 3.05) is 11.9 Å². The zero-order valence-corrected chi connectivity index (χ0v) is 22.4. The minimum absolute atomic E-state index is 0.0168. The van der Waals surface area contributed by atoms with Gasteiger partial charge in [-0.25, -0.2) is 4.98 Å². The molecule has 6 rings (SSSR count). The molecule has 41 heavy (non-hydrogen) atoms. The van der Waals surface area contributed by atoms with Gasteiger partial charge in [-0.3, -0.25) is 4.68 Å². The van der Waals surface area contributed by atoms with Crippen LogP contribution < -0.4 is 5.32 Å². The molecule has 1 saturated carbocycles. The van der Waals surface area contributed by atoms with Crippen molar-refractivity contribution in [3.8, 4) is 11.5 Å². The Bertz CT molecular complexity index is 1610. The second-order valence-corrected chi connectivity index (χ2v) is 10.5. The maximum atomic E-state index is 11.0. The van der Waals surface area contributed by atoms with Gasteiger partial charge >= 0.3 is 0 Å². The van der Waals surface area contributed by atoms with Crippen molar-refractivity contribution in [3.05, 3.63) is 89.2 Å². The van der Waals surface area contributed by atoms with Crippen LogP contribution in [0, 0.1) is 0 Å². The topological polar surface area (TPSA) is 175 Å². The van der Waals surface area contributed by atoms with E-state index in [9.17, 15) is 25.5 Å². The van der Waals surface area contributed by atoms with Crippen molar-refractivity contribution >= 4 is 28.6 Å². The zero-order valence-electron chi connectivity index (χ0n) is 21.7. The highest BCUT2D eigenvalue weighted by Gasteiger charge is 2.44. The van der Waals surface area contributed by atoms with E-state index in [1.54, 1.807) is 46.0 Å². The first-order valence-electron chi connectivity index (χ1n) is 13.0. The van der Waals surface area contributed by atoms with E-state index in [1.165, 1.54) is 6.20 Å². The molecule has 1 aliphatic carbocycles. The largest absolute Gasteiger partial charge is 0.508 e. The van der Waals surface area contributed by atoms with E-state index in [4.69, 9.17) is 11.6 Å². The van der Waals surface area contributed by atoms with Crippen LogP contribution in [0.4, 0.5) is 5.82 Å². The summed E-state index contributed by atoms with van der Waals surface area (Å²) in [4.78, 5) is 13.3. The van der Waals surface area contributed by atoms with Crippen LogP contribution in [-0.2, 0) is 6.61 Å². The number of anilines is 1. The van der Waals surface area contributed by atoms with Crippen LogP contribution in [0.2, 0.25) is 5.28 Å². The van der Waals surface area contributed by atoms with E-state index in [-0.39, 0.29) is 29.3 Å². The van der Waals surface area contributed by atoms with Crippen molar-refractivity contribution in [2.24, 2.45) is 0 Å². The number of imidazole rings is 1. The first-order chi connectivity index (χ1) is 19.8. The summed E-state index contributed by atoms with van der Waals surface area (Å²) >= 11 is 6.34. The maximum absolute atomic E-state index is 11.0. The monoisotopic (exact) mass is 577 g/mol. The van der Waals surface area contributed by atoms with E-state index < -0.39 is 24.3 Å². The molecule has 5 aromatic rings. The molecule has 12 nitrogen and oxygen atoms in total. The molecule has 3 aromatic heterocycles. The number of halogens is 1. The molecular formula is C28H28ClN7O5. The maximum Gasteiger partial charge on any atom is 0.226 e. The third-order valence-corrected chi connectivity index (χ3v) is 7.78. The van der Waals surface area contributed by atoms with Crippen LogP contribution in [-0.4, -0.2) is 73.6 Å². The minimum atomic E-state index is -1.13. The van der Waals surface area contributed by atoms with Gasteiger partial charge in [0.25, 0.3) is 0 Å². The zero-order chi connectivity index (χ0) is 28.7. The van der Waals surface area contributed by atoms with E-state index in [1.807, 2.05) is 24.3 Å². The number of benzene rings is 2.